The molecule has 3 amide bonds. The predicted octanol–water partition coefficient (Wildman–Crippen LogP) is 1.28. The summed E-state index contributed by atoms with van der Waals surface area (Å²) in [5.74, 6) is -1.11. The number of aromatic nitrogens is 4. The average Bonchev–Trinajstić information content (AvgIpc) is 3.65. The van der Waals surface area contributed by atoms with Crippen molar-refractivity contribution in [2.24, 2.45) is 5.92 Å². The third-order valence-electron chi connectivity index (χ3n) is 5.93. The summed E-state index contributed by atoms with van der Waals surface area (Å²) in [5.41, 5.74) is 0.693. The van der Waals surface area contributed by atoms with Gasteiger partial charge in [-0.05, 0) is 39.7 Å². The van der Waals surface area contributed by atoms with Gasteiger partial charge >= 0.3 is 12.2 Å². The van der Waals surface area contributed by atoms with Crippen LogP contribution in [0.4, 0.5) is 22.0 Å². The molecule has 16 nitrogen and oxygen atoms in total. The summed E-state index contributed by atoms with van der Waals surface area (Å²) < 4.78 is 12.6. The maximum Gasteiger partial charge on any atom is 0.407 e. The van der Waals surface area contributed by atoms with Crippen molar-refractivity contribution in [3.8, 4) is 16.9 Å². The number of hydrogen-bond donors (Lipinski definition) is 7. The molecule has 1 fully saturated rings. The summed E-state index contributed by atoms with van der Waals surface area (Å²) in [6.45, 7) is 5.99. The number of para-hydroxylation sites is 1. The molecule has 230 valence electrons. The fraction of sp³-hybridized carbons (Fsp3) is 0.407. The lowest BCUT2D eigenvalue weighted by molar-refractivity contribution is -0.323. The lowest BCUT2D eigenvalue weighted by Gasteiger charge is -2.19. The van der Waals surface area contributed by atoms with E-state index < -0.39 is 29.4 Å². The van der Waals surface area contributed by atoms with Crippen molar-refractivity contribution < 1.29 is 39.2 Å². The van der Waals surface area contributed by atoms with E-state index in [1.54, 1.807) is 61.4 Å². The van der Waals surface area contributed by atoms with Crippen molar-refractivity contribution in [1.82, 2.24) is 30.6 Å². The highest BCUT2D eigenvalue weighted by molar-refractivity contribution is 6.00. The Morgan fingerprint density at radius 3 is 2.49 bits per heavy atom. The van der Waals surface area contributed by atoms with Crippen LogP contribution in [0.25, 0.3) is 11.1 Å². The van der Waals surface area contributed by atoms with E-state index in [1.807, 2.05) is 0 Å². The highest BCUT2D eigenvalue weighted by Gasteiger charge is 2.31. The van der Waals surface area contributed by atoms with Crippen LogP contribution in [0.5, 0.6) is 5.75 Å². The Morgan fingerprint density at radius 1 is 1.09 bits per heavy atom. The number of nitrogens with one attached hydrogen (secondary N) is 4. The van der Waals surface area contributed by atoms with Crippen molar-refractivity contribution in [1.29, 1.82) is 0 Å². The molecule has 0 spiro atoms. The average molecular weight is 599 g/mol. The molecule has 1 saturated carbocycles. The van der Waals surface area contributed by atoms with E-state index in [0.29, 0.717) is 29.1 Å². The lowest BCUT2D eigenvalue weighted by atomic mass is 10.1. The standard InChI is InChI=1S/C27H34N8O8/c1-26(2,3)43-25(38)28-10-11-35-14-16(13-29-35)17-6-5-7-18(22(17)42-4)30-19-12-20(31-23(36)15-8-9-15)33-34-21(19)24(37)32-27(39,40)41/h5-7,12-15,39-41H,8-11H2,1-4H3,(H,28,38)(H,32,37)(H2,30,31,33,36). The minimum atomic E-state index is -3.50. The molecule has 0 saturated heterocycles. The second-order valence-electron chi connectivity index (χ2n) is 10.8. The van der Waals surface area contributed by atoms with Gasteiger partial charge in [0.15, 0.2) is 11.5 Å². The Bertz CT molecular complexity index is 1490. The van der Waals surface area contributed by atoms with Crippen molar-refractivity contribution in [3.05, 3.63) is 42.4 Å². The summed E-state index contributed by atoms with van der Waals surface area (Å²) >= 11 is 0. The number of carbonyl (C=O) groups is 3. The third-order valence-corrected chi connectivity index (χ3v) is 5.93. The predicted molar refractivity (Wildman–Crippen MR) is 152 cm³/mol. The topological polar surface area (TPSA) is 222 Å². The molecule has 0 atom stereocenters. The van der Waals surface area contributed by atoms with Crippen molar-refractivity contribution >= 4 is 35.1 Å². The van der Waals surface area contributed by atoms with E-state index in [1.165, 1.54) is 13.2 Å². The van der Waals surface area contributed by atoms with Crippen LogP contribution in [0, 0.1) is 5.92 Å². The number of rotatable bonds is 11. The van der Waals surface area contributed by atoms with Gasteiger partial charge in [0.25, 0.3) is 5.91 Å². The molecular formula is C27H34N8O8. The molecule has 4 rings (SSSR count). The van der Waals surface area contributed by atoms with Crippen LogP contribution in [0.2, 0.25) is 0 Å². The Labute approximate surface area is 246 Å². The van der Waals surface area contributed by atoms with Gasteiger partial charge in [0.2, 0.25) is 5.91 Å². The first-order valence-corrected chi connectivity index (χ1v) is 13.3. The van der Waals surface area contributed by atoms with E-state index in [2.05, 4.69) is 31.2 Å². The minimum absolute atomic E-state index is 0.0159. The first-order valence-electron chi connectivity index (χ1n) is 13.3. The van der Waals surface area contributed by atoms with E-state index in [0.717, 1.165) is 12.8 Å². The zero-order valence-electron chi connectivity index (χ0n) is 24.0. The second kappa shape index (κ2) is 12.6. The van der Waals surface area contributed by atoms with Crippen LogP contribution in [0.3, 0.4) is 0 Å². The number of benzene rings is 1. The first kappa shape index (κ1) is 31.1. The number of hydrogen-bond acceptors (Lipinski definition) is 12. The highest BCUT2D eigenvalue weighted by atomic mass is 16.7. The second-order valence-corrected chi connectivity index (χ2v) is 10.8. The molecule has 3 aromatic rings. The van der Waals surface area contributed by atoms with E-state index in [4.69, 9.17) is 9.47 Å². The van der Waals surface area contributed by atoms with Gasteiger partial charge in [0, 0.05) is 35.9 Å². The number of anilines is 3. The number of amides is 3. The molecule has 2 aromatic heterocycles. The van der Waals surface area contributed by atoms with Gasteiger partial charge < -0.3 is 40.7 Å². The van der Waals surface area contributed by atoms with Gasteiger partial charge in [-0.1, -0.05) is 12.1 Å². The van der Waals surface area contributed by atoms with E-state index >= 15 is 0 Å². The largest absolute Gasteiger partial charge is 0.494 e. The SMILES string of the molecule is COc1c(Nc2cc(NC(=O)C3CC3)nnc2C(=O)NC(O)(O)O)cccc1-c1cnn(CCNC(=O)OC(C)(C)C)c1. The number of aliphatic hydroxyl groups is 3. The van der Waals surface area contributed by atoms with E-state index in [-0.39, 0.29) is 29.9 Å². The van der Waals surface area contributed by atoms with Crippen molar-refractivity contribution in [3.63, 3.8) is 0 Å². The zero-order valence-corrected chi connectivity index (χ0v) is 24.0. The number of methoxy groups -OCH3 is 1. The van der Waals surface area contributed by atoms with Gasteiger partial charge in [0.05, 0.1) is 31.2 Å². The molecule has 1 aliphatic carbocycles. The monoisotopic (exact) mass is 598 g/mol. The highest BCUT2D eigenvalue weighted by Crippen LogP contribution is 2.38. The van der Waals surface area contributed by atoms with E-state index in [9.17, 15) is 29.7 Å². The molecule has 0 aliphatic heterocycles. The van der Waals surface area contributed by atoms with Gasteiger partial charge in [0.1, 0.15) is 11.4 Å². The summed E-state index contributed by atoms with van der Waals surface area (Å²) in [7, 11) is 1.45. The zero-order chi connectivity index (χ0) is 31.4. The van der Waals surface area contributed by atoms with Crippen LogP contribution in [0.1, 0.15) is 44.1 Å². The van der Waals surface area contributed by atoms with Crippen LogP contribution in [-0.4, -0.2) is 78.6 Å². The van der Waals surface area contributed by atoms with Crippen molar-refractivity contribution in [2.75, 3.05) is 24.3 Å². The molecule has 1 aromatic carbocycles. The van der Waals surface area contributed by atoms with Crippen LogP contribution < -0.4 is 26.0 Å². The molecule has 16 heteroatoms. The molecule has 43 heavy (non-hydrogen) atoms. The molecule has 0 bridgehead atoms. The van der Waals surface area contributed by atoms with Gasteiger partial charge in [-0.25, -0.2) is 4.79 Å². The molecular weight excluding hydrogens is 564 g/mol. The normalized spacial score (nSPS) is 13.2. The van der Waals surface area contributed by atoms with Crippen LogP contribution >= 0.6 is 0 Å². The molecule has 0 radical (unpaired) electrons. The number of ether oxygens (including phenoxy) is 2. The summed E-state index contributed by atoms with van der Waals surface area (Å²) in [5, 5.41) is 49.7. The lowest BCUT2D eigenvalue weighted by Crippen LogP contribution is -2.48. The quantitative estimate of drug-likeness (QED) is 0.155. The summed E-state index contributed by atoms with van der Waals surface area (Å²) in [4.78, 5) is 36.9. The van der Waals surface area contributed by atoms with Crippen LogP contribution in [0.15, 0.2) is 36.7 Å². The number of carbonyl (C=O) groups excluding carboxylic acids is 3. The number of nitrogens with zero attached hydrogens (tertiary/aromatic N) is 4. The first-order chi connectivity index (χ1) is 20.2. The smallest absolute Gasteiger partial charge is 0.407 e. The van der Waals surface area contributed by atoms with Gasteiger partial charge in [-0.3, -0.25) is 19.6 Å². The van der Waals surface area contributed by atoms with Gasteiger partial charge in [-0.15, -0.1) is 10.2 Å². The molecule has 7 N–H and O–H groups in total. The fourth-order valence-corrected chi connectivity index (χ4v) is 3.94. The Morgan fingerprint density at radius 2 is 1.84 bits per heavy atom. The van der Waals surface area contributed by atoms with Gasteiger partial charge in [-0.2, -0.15) is 5.10 Å². The minimum Gasteiger partial charge on any atom is -0.494 e. The maximum absolute atomic E-state index is 12.7. The molecule has 2 heterocycles. The third kappa shape index (κ3) is 8.84. The Balaban J connectivity index is 1.57. The Hall–Kier alpha value is -4.80. The summed E-state index contributed by atoms with van der Waals surface area (Å²) in [6.07, 6.45) is 0.873. The summed E-state index contributed by atoms with van der Waals surface area (Å²) in [6, 6.07) is 6.53. The fourth-order valence-electron chi connectivity index (χ4n) is 3.94. The number of alkyl carbamates (subject to hydrolysis) is 1. The molecule has 0 unspecified atom stereocenters. The Kier molecular flexibility index (Phi) is 9.13. The van der Waals surface area contributed by atoms with Crippen molar-refractivity contribution in [2.45, 2.75) is 51.9 Å². The van der Waals surface area contributed by atoms with Crippen LogP contribution in [-0.2, 0) is 16.1 Å². The maximum atomic E-state index is 12.7. The molecule has 1 aliphatic rings.